The molecule has 0 unspecified atom stereocenters. The molecule has 0 amide bonds. The molecule has 0 aliphatic rings. The minimum Gasteiger partial charge on any atom is -0.367 e. The van der Waals surface area contributed by atoms with Crippen LogP contribution in [0.4, 0.5) is 4.39 Å². The molecule has 0 radical (unpaired) electrons. The zero-order valence-corrected chi connectivity index (χ0v) is 7.87. The number of benzene rings is 1. The highest BCUT2D eigenvalue weighted by Crippen LogP contribution is 2.06. The molecule has 0 N–H and O–H groups in total. The second kappa shape index (κ2) is 6.11. The molecule has 0 bridgehead atoms. The lowest BCUT2D eigenvalue weighted by atomic mass is 10.1. The van der Waals surface area contributed by atoms with Crippen molar-refractivity contribution in [3.63, 3.8) is 0 Å². The highest BCUT2D eigenvalue weighted by atomic mass is 19.1. The van der Waals surface area contributed by atoms with Gasteiger partial charge in [0.05, 0.1) is 0 Å². The Morgan fingerprint density at radius 2 is 1.92 bits per heavy atom. The van der Waals surface area contributed by atoms with Crippen LogP contribution in [-0.4, -0.2) is 7.11 Å². The van der Waals surface area contributed by atoms with E-state index in [9.17, 15) is 4.39 Å². The van der Waals surface area contributed by atoms with Gasteiger partial charge in [-0.2, -0.15) is 0 Å². The predicted molar refractivity (Wildman–Crippen MR) is 48.7 cm³/mol. The molecule has 0 aliphatic heterocycles. The van der Waals surface area contributed by atoms with Crippen LogP contribution in [0.3, 0.4) is 0 Å². The van der Waals surface area contributed by atoms with Crippen molar-refractivity contribution in [3.05, 3.63) is 40.1 Å². The van der Waals surface area contributed by atoms with Gasteiger partial charge in [0.25, 0.3) is 0 Å². The smallest absolute Gasteiger partial charge is 0.154 e. The first-order chi connectivity index (χ1) is 6.11. The van der Waals surface area contributed by atoms with E-state index in [1.165, 1.54) is 13.2 Å². The summed E-state index contributed by atoms with van der Waals surface area (Å²) in [5.41, 5.74) is 1.82. The molecular formula is C9H12FNO2. The van der Waals surface area contributed by atoms with Gasteiger partial charge in [-0.1, -0.05) is 17.7 Å². The fraction of sp³-hybridized carbons (Fsp3) is 0.333. The van der Waals surface area contributed by atoms with E-state index in [1.807, 2.05) is 18.3 Å². The lowest BCUT2D eigenvalue weighted by Gasteiger charge is -1.95. The van der Waals surface area contributed by atoms with Gasteiger partial charge in [0.2, 0.25) is 0 Å². The second-order valence-corrected chi connectivity index (χ2v) is 2.51. The number of rotatable bonds is 1. The van der Waals surface area contributed by atoms with Crippen molar-refractivity contribution in [2.24, 2.45) is 5.34 Å². The molecule has 4 heteroatoms. The molecule has 0 saturated carbocycles. The third-order valence-electron chi connectivity index (χ3n) is 1.39. The SMILES string of the molecule is CON=O.Cc1ccc(F)c(C)c1. The fourth-order valence-corrected chi connectivity index (χ4v) is 0.795. The molecule has 72 valence electrons. The van der Waals surface area contributed by atoms with Crippen molar-refractivity contribution in [1.29, 1.82) is 0 Å². The van der Waals surface area contributed by atoms with Crippen molar-refractivity contribution in [2.75, 3.05) is 7.11 Å². The van der Waals surface area contributed by atoms with Gasteiger partial charge in [-0.15, -0.1) is 4.91 Å². The Bertz CT molecular complexity index is 276. The van der Waals surface area contributed by atoms with Gasteiger partial charge in [0.15, 0.2) is 5.34 Å². The standard InChI is InChI=1S/C8H9F.CH3NO2/c1-6-3-4-8(9)7(2)5-6;1-4-2-3/h3-5H,1-2H3;1H3. The summed E-state index contributed by atoms with van der Waals surface area (Å²) in [6.07, 6.45) is 0. The van der Waals surface area contributed by atoms with E-state index in [2.05, 4.69) is 4.84 Å². The van der Waals surface area contributed by atoms with E-state index in [0.29, 0.717) is 0 Å². The van der Waals surface area contributed by atoms with Gasteiger partial charge in [-0.05, 0) is 25.5 Å². The number of halogens is 1. The molecule has 0 aromatic heterocycles. The molecule has 0 aliphatic carbocycles. The Morgan fingerprint density at radius 1 is 1.38 bits per heavy atom. The Kier molecular flexibility index (Phi) is 5.43. The van der Waals surface area contributed by atoms with Crippen LogP contribution in [0.2, 0.25) is 0 Å². The maximum absolute atomic E-state index is 12.5. The second-order valence-electron chi connectivity index (χ2n) is 2.51. The van der Waals surface area contributed by atoms with E-state index >= 15 is 0 Å². The minimum absolute atomic E-state index is 0.124. The van der Waals surface area contributed by atoms with Gasteiger partial charge in [0, 0.05) is 0 Å². The molecule has 0 heterocycles. The molecule has 0 saturated heterocycles. The Hall–Kier alpha value is -1.45. The van der Waals surface area contributed by atoms with Crippen LogP contribution in [0.5, 0.6) is 0 Å². The van der Waals surface area contributed by atoms with Gasteiger partial charge < -0.3 is 4.84 Å². The Morgan fingerprint density at radius 3 is 2.23 bits per heavy atom. The van der Waals surface area contributed by atoms with Crippen LogP contribution in [0.1, 0.15) is 11.1 Å². The molecule has 1 aromatic rings. The summed E-state index contributed by atoms with van der Waals surface area (Å²) in [4.78, 5) is 12.3. The van der Waals surface area contributed by atoms with E-state index in [0.717, 1.165) is 11.1 Å². The van der Waals surface area contributed by atoms with Crippen molar-refractivity contribution in [1.82, 2.24) is 0 Å². The normalized spacial score (nSPS) is 8.31. The topological polar surface area (TPSA) is 38.7 Å². The summed E-state index contributed by atoms with van der Waals surface area (Å²) in [6.45, 7) is 3.72. The summed E-state index contributed by atoms with van der Waals surface area (Å²) in [5.74, 6) is -0.124. The summed E-state index contributed by atoms with van der Waals surface area (Å²) in [7, 11) is 1.20. The summed E-state index contributed by atoms with van der Waals surface area (Å²) in [6, 6.07) is 5.09. The zero-order valence-electron chi connectivity index (χ0n) is 7.87. The van der Waals surface area contributed by atoms with Crippen LogP contribution in [-0.2, 0) is 4.84 Å². The Balaban J connectivity index is 0.000000310. The molecule has 0 atom stereocenters. The first kappa shape index (κ1) is 11.6. The number of hydrogen-bond donors (Lipinski definition) is 0. The third-order valence-corrected chi connectivity index (χ3v) is 1.39. The highest BCUT2D eigenvalue weighted by Gasteiger charge is 1.93. The molecule has 1 rings (SSSR count). The molecular weight excluding hydrogens is 173 g/mol. The van der Waals surface area contributed by atoms with Gasteiger partial charge in [0.1, 0.15) is 12.9 Å². The monoisotopic (exact) mass is 185 g/mol. The van der Waals surface area contributed by atoms with Crippen LogP contribution in [0, 0.1) is 24.6 Å². The zero-order chi connectivity index (χ0) is 10.3. The maximum Gasteiger partial charge on any atom is 0.154 e. The quantitative estimate of drug-likeness (QED) is 0.498. The molecule has 0 fully saturated rings. The van der Waals surface area contributed by atoms with Crippen molar-refractivity contribution >= 4 is 0 Å². The van der Waals surface area contributed by atoms with Crippen LogP contribution < -0.4 is 0 Å². The molecule has 0 spiro atoms. The first-order valence-corrected chi connectivity index (χ1v) is 3.70. The summed E-state index contributed by atoms with van der Waals surface area (Å²) >= 11 is 0. The largest absolute Gasteiger partial charge is 0.367 e. The van der Waals surface area contributed by atoms with Crippen molar-refractivity contribution < 1.29 is 9.23 Å². The number of nitrogens with zero attached hydrogens (tertiary/aromatic N) is 1. The van der Waals surface area contributed by atoms with Crippen LogP contribution in [0.25, 0.3) is 0 Å². The molecule has 13 heavy (non-hydrogen) atoms. The van der Waals surface area contributed by atoms with Crippen molar-refractivity contribution in [3.8, 4) is 0 Å². The van der Waals surface area contributed by atoms with E-state index < -0.39 is 0 Å². The van der Waals surface area contributed by atoms with Gasteiger partial charge in [-0.3, -0.25) is 0 Å². The minimum atomic E-state index is -0.124. The van der Waals surface area contributed by atoms with E-state index in [1.54, 1.807) is 13.0 Å². The van der Waals surface area contributed by atoms with E-state index in [4.69, 9.17) is 4.91 Å². The number of hydrogen-bond acceptors (Lipinski definition) is 3. The first-order valence-electron chi connectivity index (χ1n) is 3.70. The third kappa shape index (κ3) is 4.90. The average Bonchev–Trinajstić information content (AvgIpc) is 2.12. The number of aryl methyl sites for hydroxylation is 2. The Labute approximate surface area is 76.5 Å². The predicted octanol–water partition coefficient (Wildman–Crippen LogP) is 2.76. The molecule has 1 aromatic carbocycles. The highest BCUT2D eigenvalue weighted by molar-refractivity contribution is 5.22. The fourth-order valence-electron chi connectivity index (χ4n) is 0.795. The lowest BCUT2D eigenvalue weighted by Crippen LogP contribution is -1.81. The average molecular weight is 185 g/mol. The summed E-state index contributed by atoms with van der Waals surface area (Å²) < 4.78 is 12.5. The van der Waals surface area contributed by atoms with Gasteiger partial charge >= 0.3 is 0 Å². The maximum atomic E-state index is 12.5. The van der Waals surface area contributed by atoms with E-state index in [-0.39, 0.29) is 5.82 Å². The van der Waals surface area contributed by atoms with Crippen LogP contribution in [0.15, 0.2) is 23.5 Å². The molecule has 3 nitrogen and oxygen atoms in total. The van der Waals surface area contributed by atoms with Crippen molar-refractivity contribution in [2.45, 2.75) is 13.8 Å². The van der Waals surface area contributed by atoms with Gasteiger partial charge in [-0.25, -0.2) is 4.39 Å². The summed E-state index contributed by atoms with van der Waals surface area (Å²) in [5, 5.41) is 1.99. The lowest BCUT2D eigenvalue weighted by molar-refractivity contribution is 0.208. The van der Waals surface area contributed by atoms with Crippen LogP contribution >= 0.6 is 0 Å².